The number of aliphatic imine (C=N–C) groups is 1. The molecule has 130 valence electrons. The molecule has 0 aliphatic rings. The van der Waals surface area contributed by atoms with E-state index in [1.54, 1.807) is 18.4 Å². The van der Waals surface area contributed by atoms with Gasteiger partial charge in [-0.1, -0.05) is 18.2 Å². The number of guanidine groups is 1. The number of thiazole rings is 1. The molecule has 0 fully saturated rings. The molecule has 1 heterocycles. The van der Waals surface area contributed by atoms with Crippen molar-refractivity contribution in [3.8, 4) is 5.75 Å². The molecule has 0 saturated carbocycles. The van der Waals surface area contributed by atoms with Crippen LogP contribution < -0.4 is 15.4 Å². The lowest BCUT2D eigenvalue weighted by atomic mass is 10.1. The average Bonchev–Trinajstić information content (AvgIpc) is 2.91. The lowest BCUT2D eigenvalue weighted by molar-refractivity contribution is 0.409. The predicted molar refractivity (Wildman–Crippen MR) is 101 cm³/mol. The monoisotopic (exact) mass is 346 g/mol. The first-order valence-corrected chi connectivity index (χ1v) is 9.02. The number of aryl methyl sites for hydroxylation is 2. The van der Waals surface area contributed by atoms with Crippen molar-refractivity contribution in [3.63, 3.8) is 0 Å². The van der Waals surface area contributed by atoms with E-state index in [4.69, 9.17) is 4.74 Å². The van der Waals surface area contributed by atoms with Gasteiger partial charge < -0.3 is 15.4 Å². The van der Waals surface area contributed by atoms with Gasteiger partial charge in [-0.2, -0.15) is 0 Å². The van der Waals surface area contributed by atoms with Crippen LogP contribution in [0.2, 0.25) is 0 Å². The molecule has 6 heteroatoms. The third-order valence-corrected chi connectivity index (χ3v) is 4.73. The molecule has 0 bridgehead atoms. The van der Waals surface area contributed by atoms with Crippen LogP contribution in [0, 0.1) is 13.8 Å². The molecule has 2 aromatic rings. The number of rotatable bonds is 7. The Morgan fingerprint density at radius 1 is 1.25 bits per heavy atom. The molecule has 24 heavy (non-hydrogen) atoms. The molecule has 0 saturated heterocycles. The van der Waals surface area contributed by atoms with Crippen LogP contribution in [0.3, 0.4) is 0 Å². The zero-order valence-electron chi connectivity index (χ0n) is 14.8. The van der Waals surface area contributed by atoms with Crippen LogP contribution in [0.1, 0.15) is 28.1 Å². The van der Waals surface area contributed by atoms with E-state index in [1.807, 2.05) is 25.1 Å². The Kier molecular flexibility index (Phi) is 7.06. The first-order chi connectivity index (χ1) is 11.6. The van der Waals surface area contributed by atoms with Gasteiger partial charge in [0.2, 0.25) is 0 Å². The normalized spacial score (nSPS) is 11.4. The smallest absolute Gasteiger partial charge is 0.191 e. The Morgan fingerprint density at radius 3 is 2.71 bits per heavy atom. The quantitative estimate of drug-likeness (QED) is 0.597. The van der Waals surface area contributed by atoms with Crippen molar-refractivity contribution < 1.29 is 4.74 Å². The number of aromatic nitrogens is 1. The highest BCUT2D eigenvalue weighted by molar-refractivity contribution is 7.11. The average molecular weight is 347 g/mol. The van der Waals surface area contributed by atoms with Gasteiger partial charge in [-0.05, 0) is 38.8 Å². The van der Waals surface area contributed by atoms with E-state index in [1.165, 1.54) is 10.4 Å². The van der Waals surface area contributed by atoms with Crippen LogP contribution in [0.25, 0.3) is 0 Å². The summed E-state index contributed by atoms with van der Waals surface area (Å²) in [4.78, 5) is 10.4. The maximum atomic E-state index is 5.39. The molecule has 0 aliphatic carbocycles. The number of para-hydroxylation sites is 1. The van der Waals surface area contributed by atoms with Gasteiger partial charge in [0.05, 0.1) is 19.3 Å². The topological polar surface area (TPSA) is 58.5 Å². The summed E-state index contributed by atoms with van der Waals surface area (Å²) in [5, 5.41) is 7.69. The van der Waals surface area contributed by atoms with E-state index in [9.17, 15) is 0 Å². The van der Waals surface area contributed by atoms with Gasteiger partial charge in [0, 0.05) is 18.0 Å². The molecular weight excluding hydrogens is 320 g/mol. The molecule has 2 N–H and O–H groups in total. The molecule has 1 aromatic heterocycles. The van der Waals surface area contributed by atoms with Gasteiger partial charge in [-0.3, -0.25) is 0 Å². The van der Waals surface area contributed by atoms with Gasteiger partial charge in [-0.25, -0.2) is 9.98 Å². The van der Waals surface area contributed by atoms with E-state index in [0.29, 0.717) is 6.54 Å². The van der Waals surface area contributed by atoms with Crippen LogP contribution in [-0.2, 0) is 13.0 Å². The first kappa shape index (κ1) is 18.3. The highest BCUT2D eigenvalue weighted by Crippen LogP contribution is 2.18. The summed E-state index contributed by atoms with van der Waals surface area (Å²) >= 11 is 1.71. The van der Waals surface area contributed by atoms with Crippen LogP contribution in [0.5, 0.6) is 5.75 Å². The number of hydrogen-bond donors (Lipinski definition) is 2. The molecule has 5 nitrogen and oxygen atoms in total. The van der Waals surface area contributed by atoms with E-state index in [0.717, 1.165) is 41.9 Å². The standard InChI is InChI=1S/C18H26N4OS/c1-5-19-18(21-12-17-22-13(2)14(3)24-17)20-11-10-15-8-6-7-9-16(15)23-4/h6-9H,5,10-12H2,1-4H3,(H2,19,20,21). The molecule has 0 amide bonds. The second kappa shape index (κ2) is 9.27. The molecule has 0 spiro atoms. The minimum Gasteiger partial charge on any atom is -0.496 e. The Hall–Kier alpha value is -2.08. The Labute approximate surface area is 148 Å². The number of benzene rings is 1. The fourth-order valence-corrected chi connectivity index (χ4v) is 3.18. The highest BCUT2D eigenvalue weighted by Gasteiger charge is 2.05. The largest absolute Gasteiger partial charge is 0.496 e. The summed E-state index contributed by atoms with van der Waals surface area (Å²) in [6.07, 6.45) is 0.879. The minimum atomic E-state index is 0.601. The molecule has 0 aliphatic heterocycles. The Morgan fingerprint density at radius 2 is 2.04 bits per heavy atom. The number of nitrogens with one attached hydrogen (secondary N) is 2. The van der Waals surface area contributed by atoms with E-state index >= 15 is 0 Å². The summed E-state index contributed by atoms with van der Waals surface area (Å²) in [7, 11) is 1.70. The Balaban J connectivity index is 1.91. The second-order valence-electron chi connectivity index (χ2n) is 5.43. The number of ether oxygens (including phenoxy) is 1. The third-order valence-electron chi connectivity index (χ3n) is 3.67. The maximum Gasteiger partial charge on any atom is 0.191 e. The van der Waals surface area contributed by atoms with E-state index in [2.05, 4.69) is 40.5 Å². The van der Waals surface area contributed by atoms with Crippen LogP contribution in [-0.4, -0.2) is 31.1 Å². The van der Waals surface area contributed by atoms with E-state index in [-0.39, 0.29) is 0 Å². The van der Waals surface area contributed by atoms with Gasteiger partial charge in [-0.15, -0.1) is 11.3 Å². The van der Waals surface area contributed by atoms with Crippen molar-refractivity contribution in [3.05, 3.63) is 45.4 Å². The predicted octanol–water partition coefficient (Wildman–Crippen LogP) is 3.07. The Bertz CT molecular complexity index is 662. The van der Waals surface area contributed by atoms with Crippen molar-refractivity contribution in [2.24, 2.45) is 4.99 Å². The zero-order valence-corrected chi connectivity index (χ0v) is 15.7. The lowest BCUT2D eigenvalue weighted by Crippen LogP contribution is -2.38. The fraction of sp³-hybridized carbons (Fsp3) is 0.444. The summed E-state index contributed by atoms with van der Waals surface area (Å²) in [6.45, 7) is 8.42. The molecular formula is C18H26N4OS. The molecule has 1 aromatic carbocycles. The zero-order chi connectivity index (χ0) is 17.4. The third kappa shape index (κ3) is 5.23. The van der Waals surface area contributed by atoms with E-state index < -0.39 is 0 Å². The van der Waals surface area contributed by atoms with Gasteiger partial charge in [0.1, 0.15) is 10.8 Å². The summed E-state index contributed by atoms with van der Waals surface area (Å²) < 4.78 is 5.39. The molecule has 0 atom stereocenters. The highest BCUT2D eigenvalue weighted by atomic mass is 32.1. The number of hydrogen-bond acceptors (Lipinski definition) is 4. The van der Waals surface area contributed by atoms with Crippen molar-refractivity contribution >= 4 is 17.3 Å². The summed E-state index contributed by atoms with van der Waals surface area (Å²) in [6, 6.07) is 8.09. The van der Waals surface area contributed by atoms with Crippen molar-refractivity contribution in [2.75, 3.05) is 20.2 Å². The maximum absolute atomic E-state index is 5.39. The SMILES string of the molecule is CCNC(=NCc1nc(C)c(C)s1)NCCc1ccccc1OC. The van der Waals surface area contributed by atoms with Crippen LogP contribution >= 0.6 is 11.3 Å². The molecule has 0 unspecified atom stereocenters. The summed E-state index contributed by atoms with van der Waals surface area (Å²) in [5.74, 6) is 1.74. The molecule has 0 radical (unpaired) electrons. The number of methoxy groups -OCH3 is 1. The van der Waals surface area contributed by atoms with Crippen LogP contribution in [0.4, 0.5) is 0 Å². The number of nitrogens with zero attached hydrogens (tertiary/aromatic N) is 2. The summed E-state index contributed by atoms with van der Waals surface area (Å²) in [5.41, 5.74) is 2.29. The lowest BCUT2D eigenvalue weighted by Gasteiger charge is -2.12. The van der Waals surface area contributed by atoms with Gasteiger partial charge in [0.15, 0.2) is 5.96 Å². The van der Waals surface area contributed by atoms with Crippen LogP contribution in [0.15, 0.2) is 29.3 Å². The first-order valence-electron chi connectivity index (χ1n) is 8.21. The fourth-order valence-electron chi connectivity index (χ4n) is 2.32. The van der Waals surface area contributed by atoms with Gasteiger partial charge in [0.25, 0.3) is 0 Å². The van der Waals surface area contributed by atoms with Gasteiger partial charge >= 0.3 is 0 Å². The minimum absolute atomic E-state index is 0.601. The van der Waals surface area contributed by atoms with Crippen molar-refractivity contribution in [1.82, 2.24) is 15.6 Å². The van der Waals surface area contributed by atoms with Crippen molar-refractivity contribution in [1.29, 1.82) is 0 Å². The van der Waals surface area contributed by atoms with Crippen molar-refractivity contribution in [2.45, 2.75) is 33.7 Å². The molecule has 2 rings (SSSR count). The second-order valence-corrected chi connectivity index (χ2v) is 6.72.